The Morgan fingerprint density at radius 1 is 1.18 bits per heavy atom. The van der Waals surface area contributed by atoms with Gasteiger partial charge in [-0.05, 0) is 56.7 Å². The van der Waals surface area contributed by atoms with E-state index in [1.165, 1.54) is 4.90 Å². The van der Waals surface area contributed by atoms with Crippen molar-refractivity contribution in [1.29, 1.82) is 0 Å². The SMILES string of the molecule is CCC1(CC)CC(=O)N([C@H](c2cccnc2)[C@H]2C[C@@H]2C(=O)NC2CC(C)(C)Oc3ccccc32)C(NC(=O)O)=N1. The van der Waals surface area contributed by atoms with Crippen LogP contribution in [0.15, 0.2) is 53.8 Å². The molecule has 0 radical (unpaired) electrons. The lowest BCUT2D eigenvalue weighted by atomic mass is 9.87. The number of rotatable bonds is 7. The van der Waals surface area contributed by atoms with Crippen LogP contribution in [0.1, 0.15) is 83.0 Å². The minimum absolute atomic E-state index is 0.00691. The van der Waals surface area contributed by atoms with E-state index in [0.29, 0.717) is 25.7 Å². The molecule has 3 aliphatic rings. The van der Waals surface area contributed by atoms with Gasteiger partial charge in [0.05, 0.1) is 24.0 Å². The van der Waals surface area contributed by atoms with Gasteiger partial charge in [0.2, 0.25) is 17.8 Å². The molecule has 5 rings (SSSR count). The summed E-state index contributed by atoms with van der Waals surface area (Å²) in [5.41, 5.74) is 0.563. The lowest BCUT2D eigenvalue weighted by molar-refractivity contribution is -0.133. The van der Waals surface area contributed by atoms with Gasteiger partial charge in [-0.1, -0.05) is 38.1 Å². The second-order valence-electron chi connectivity index (χ2n) is 11.6. The van der Waals surface area contributed by atoms with Crippen molar-refractivity contribution in [2.45, 2.75) is 83.0 Å². The van der Waals surface area contributed by atoms with Gasteiger partial charge in [-0.15, -0.1) is 0 Å². The first-order valence-corrected chi connectivity index (χ1v) is 14.0. The zero-order chi connectivity index (χ0) is 28.7. The molecule has 1 unspecified atom stereocenters. The van der Waals surface area contributed by atoms with Crippen LogP contribution in [0.3, 0.4) is 0 Å². The van der Waals surface area contributed by atoms with Crippen LogP contribution in [-0.2, 0) is 9.59 Å². The van der Waals surface area contributed by atoms with E-state index < -0.39 is 23.3 Å². The zero-order valence-corrected chi connectivity index (χ0v) is 23.4. The van der Waals surface area contributed by atoms with Gasteiger partial charge in [-0.3, -0.25) is 24.8 Å². The fraction of sp³-hybridized carbons (Fsp3) is 0.500. The molecule has 0 saturated heterocycles. The summed E-state index contributed by atoms with van der Waals surface area (Å²) in [6.45, 7) is 7.91. The van der Waals surface area contributed by atoms with Crippen molar-refractivity contribution < 1.29 is 24.2 Å². The highest BCUT2D eigenvalue weighted by atomic mass is 16.5. The Labute approximate surface area is 234 Å². The molecule has 1 saturated carbocycles. The molecule has 1 aromatic carbocycles. The van der Waals surface area contributed by atoms with Crippen LogP contribution in [0.2, 0.25) is 0 Å². The number of hydrogen-bond acceptors (Lipinski definition) is 6. The number of fused-ring (bicyclic) bond motifs is 1. The number of nitrogens with zero attached hydrogens (tertiary/aromatic N) is 3. The van der Waals surface area contributed by atoms with E-state index in [1.54, 1.807) is 18.5 Å². The predicted molar refractivity (Wildman–Crippen MR) is 149 cm³/mol. The number of benzene rings is 1. The fourth-order valence-corrected chi connectivity index (χ4v) is 6.15. The number of carbonyl (C=O) groups is 3. The van der Waals surface area contributed by atoms with Crippen LogP contribution in [0.4, 0.5) is 4.79 Å². The quantitative estimate of drug-likeness (QED) is 0.464. The highest BCUT2D eigenvalue weighted by Crippen LogP contribution is 2.52. The van der Waals surface area contributed by atoms with Crippen molar-refractivity contribution in [3.8, 4) is 5.75 Å². The maximum Gasteiger partial charge on any atom is 0.411 e. The largest absolute Gasteiger partial charge is 0.487 e. The Kier molecular flexibility index (Phi) is 7.29. The minimum Gasteiger partial charge on any atom is -0.487 e. The predicted octanol–water partition coefficient (Wildman–Crippen LogP) is 4.59. The van der Waals surface area contributed by atoms with Gasteiger partial charge < -0.3 is 15.2 Å². The van der Waals surface area contributed by atoms with Gasteiger partial charge in [-0.25, -0.2) is 9.79 Å². The molecule has 0 bridgehead atoms. The molecule has 0 spiro atoms. The summed E-state index contributed by atoms with van der Waals surface area (Å²) >= 11 is 0. The first kappa shape index (κ1) is 27.6. The Bertz CT molecular complexity index is 1320. The lowest BCUT2D eigenvalue weighted by Crippen LogP contribution is -2.55. The van der Waals surface area contributed by atoms with Crippen LogP contribution < -0.4 is 15.4 Å². The van der Waals surface area contributed by atoms with Crippen molar-refractivity contribution >= 4 is 23.9 Å². The second-order valence-corrected chi connectivity index (χ2v) is 11.6. The summed E-state index contributed by atoms with van der Waals surface area (Å²) in [6.07, 6.45) is 4.56. The van der Waals surface area contributed by atoms with E-state index in [1.807, 2.05) is 58.0 Å². The van der Waals surface area contributed by atoms with E-state index in [2.05, 4.69) is 15.6 Å². The molecule has 3 amide bonds. The van der Waals surface area contributed by atoms with Gasteiger partial charge in [0, 0.05) is 30.3 Å². The summed E-state index contributed by atoms with van der Waals surface area (Å²) in [4.78, 5) is 49.7. The first-order chi connectivity index (χ1) is 19.1. The molecule has 1 fully saturated rings. The van der Waals surface area contributed by atoms with Crippen molar-refractivity contribution in [3.05, 3.63) is 59.9 Å². The molecule has 1 aliphatic carbocycles. The number of carbonyl (C=O) groups excluding carboxylic acids is 2. The van der Waals surface area contributed by atoms with Gasteiger partial charge in [-0.2, -0.15) is 0 Å². The summed E-state index contributed by atoms with van der Waals surface area (Å²) in [7, 11) is 0. The summed E-state index contributed by atoms with van der Waals surface area (Å²) in [5.74, 6) is -0.129. The Balaban J connectivity index is 1.44. The van der Waals surface area contributed by atoms with Crippen molar-refractivity contribution in [3.63, 3.8) is 0 Å². The number of hydrogen-bond donors (Lipinski definition) is 3. The van der Waals surface area contributed by atoms with Gasteiger partial charge in [0.15, 0.2) is 0 Å². The third kappa shape index (κ3) is 5.39. The van der Waals surface area contributed by atoms with E-state index in [0.717, 1.165) is 16.9 Å². The number of guanidine groups is 1. The standard InChI is InChI=1S/C30H37N5O5/c1-5-30(6-2)16-24(36)35(27(34-30)33-28(38)39)25(18-10-9-13-31-17-18)20-14-21(20)26(37)32-22-15-29(3,4)40-23-12-8-7-11-19(22)23/h7-13,17,20-22,25H,5-6,14-16H2,1-4H3,(H,32,37)(H,33,34)(H,38,39)/t20-,21-,22?,25+/m0/s1. The monoisotopic (exact) mass is 547 g/mol. The first-order valence-electron chi connectivity index (χ1n) is 14.0. The zero-order valence-electron chi connectivity index (χ0n) is 23.4. The van der Waals surface area contributed by atoms with Crippen LogP contribution in [0.5, 0.6) is 5.75 Å². The van der Waals surface area contributed by atoms with E-state index in [-0.39, 0.29) is 42.1 Å². The highest BCUT2D eigenvalue weighted by molar-refractivity contribution is 6.05. The number of aromatic nitrogens is 1. The number of para-hydroxylation sites is 1. The van der Waals surface area contributed by atoms with Gasteiger partial charge in [0.25, 0.3) is 0 Å². The molecular weight excluding hydrogens is 510 g/mol. The van der Waals surface area contributed by atoms with Gasteiger partial charge in [0.1, 0.15) is 11.4 Å². The fourth-order valence-electron chi connectivity index (χ4n) is 6.15. The molecule has 4 atom stereocenters. The van der Waals surface area contributed by atoms with Gasteiger partial charge >= 0.3 is 6.09 Å². The average Bonchev–Trinajstić information content (AvgIpc) is 3.70. The summed E-state index contributed by atoms with van der Waals surface area (Å²) < 4.78 is 6.12. The molecule has 10 heteroatoms. The molecule has 1 aromatic heterocycles. The van der Waals surface area contributed by atoms with Crippen LogP contribution in [0.25, 0.3) is 0 Å². The van der Waals surface area contributed by atoms with Crippen LogP contribution in [0, 0.1) is 11.8 Å². The Morgan fingerprint density at radius 3 is 2.60 bits per heavy atom. The number of ether oxygens (including phenoxy) is 1. The molecule has 212 valence electrons. The Morgan fingerprint density at radius 2 is 1.93 bits per heavy atom. The Hall–Kier alpha value is -3.95. The molecule has 2 aromatic rings. The average molecular weight is 548 g/mol. The third-order valence-electron chi connectivity index (χ3n) is 8.43. The molecule has 3 N–H and O–H groups in total. The third-order valence-corrected chi connectivity index (χ3v) is 8.43. The molecule has 2 aliphatic heterocycles. The summed E-state index contributed by atoms with van der Waals surface area (Å²) in [5, 5.41) is 15.2. The summed E-state index contributed by atoms with van der Waals surface area (Å²) in [6, 6.07) is 10.6. The van der Waals surface area contributed by atoms with E-state index >= 15 is 0 Å². The van der Waals surface area contributed by atoms with Crippen LogP contribution in [-0.4, -0.2) is 50.0 Å². The molecular formula is C30H37N5O5. The number of carboxylic acid groups (broad SMARTS) is 1. The van der Waals surface area contributed by atoms with Crippen molar-refractivity contribution in [2.24, 2.45) is 16.8 Å². The lowest BCUT2D eigenvalue weighted by Gasteiger charge is -2.41. The topological polar surface area (TPSA) is 133 Å². The molecule has 40 heavy (non-hydrogen) atoms. The van der Waals surface area contributed by atoms with E-state index in [4.69, 9.17) is 9.73 Å². The van der Waals surface area contributed by atoms with Crippen LogP contribution >= 0.6 is 0 Å². The smallest absolute Gasteiger partial charge is 0.411 e. The highest BCUT2D eigenvalue weighted by Gasteiger charge is 2.54. The normalized spacial score (nSPS) is 25.1. The van der Waals surface area contributed by atoms with E-state index in [9.17, 15) is 19.5 Å². The molecule has 10 nitrogen and oxygen atoms in total. The maximum absolute atomic E-state index is 13.7. The number of pyridine rings is 1. The minimum atomic E-state index is -1.30. The number of aliphatic imine (C=N–C) groups is 1. The maximum atomic E-state index is 13.7. The molecule has 3 heterocycles. The second kappa shape index (κ2) is 10.6. The number of nitrogens with one attached hydrogen (secondary N) is 2. The number of amides is 3. The van der Waals surface area contributed by atoms with Crippen molar-refractivity contribution in [2.75, 3.05) is 0 Å². The van der Waals surface area contributed by atoms with Crippen molar-refractivity contribution in [1.82, 2.24) is 20.5 Å².